The lowest BCUT2D eigenvalue weighted by molar-refractivity contribution is -0.121. The Bertz CT molecular complexity index is 528. The van der Waals surface area contributed by atoms with Gasteiger partial charge in [-0.2, -0.15) is 0 Å². The number of nitrogens with one attached hydrogen (secondary N) is 1. The van der Waals surface area contributed by atoms with Crippen molar-refractivity contribution in [3.63, 3.8) is 0 Å². The molecule has 1 heterocycles. The Morgan fingerprint density at radius 3 is 2.84 bits per heavy atom. The summed E-state index contributed by atoms with van der Waals surface area (Å²) in [6.07, 6.45) is 0.208. The van der Waals surface area contributed by atoms with Gasteiger partial charge in [0.25, 0.3) is 0 Å². The van der Waals surface area contributed by atoms with E-state index in [1.54, 1.807) is 29.5 Å². The summed E-state index contributed by atoms with van der Waals surface area (Å²) >= 11 is 1.59. The average molecular weight is 279 g/mol. The van der Waals surface area contributed by atoms with E-state index in [0.29, 0.717) is 6.54 Å². The first-order valence-corrected chi connectivity index (χ1v) is 6.80. The normalized spacial score (nSPS) is 10.2. The minimum atomic E-state index is -0.415. The summed E-state index contributed by atoms with van der Waals surface area (Å²) in [5, 5.41) is 4.74. The molecule has 1 aromatic carbocycles. The maximum Gasteiger partial charge on any atom is 0.223 e. The molecule has 0 aliphatic rings. The third-order valence-electron chi connectivity index (χ3n) is 2.46. The van der Waals surface area contributed by atoms with Gasteiger partial charge in [-0.3, -0.25) is 4.79 Å². The topological polar surface area (TPSA) is 38.3 Å². The van der Waals surface area contributed by atoms with Crippen LogP contribution in [-0.2, 0) is 11.3 Å². The summed E-state index contributed by atoms with van der Waals surface area (Å²) < 4.78 is 18.4. The van der Waals surface area contributed by atoms with E-state index < -0.39 is 5.82 Å². The zero-order chi connectivity index (χ0) is 13.5. The lowest BCUT2D eigenvalue weighted by atomic mass is 10.3. The predicted molar refractivity (Wildman–Crippen MR) is 72.7 cm³/mol. The van der Waals surface area contributed by atoms with Crippen molar-refractivity contribution in [2.24, 2.45) is 0 Å². The van der Waals surface area contributed by atoms with E-state index in [9.17, 15) is 9.18 Å². The number of carbonyl (C=O) groups excluding carboxylic acids is 1. The number of thiophene rings is 1. The Hall–Kier alpha value is -1.88. The summed E-state index contributed by atoms with van der Waals surface area (Å²) in [6.45, 7) is 0.688. The van der Waals surface area contributed by atoms with Crippen molar-refractivity contribution in [1.29, 1.82) is 0 Å². The molecule has 0 atom stereocenters. The van der Waals surface area contributed by atoms with Gasteiger partial charge in [0, 0.05) is 4.88 Å². The molecule has 0 radical (unpaired) electrons. The van der Waals surface area contributed by atoms with E-state index >= 15 is 0 Å². The van der Waals surface area contributed by atoms with Crippen molar-refractivity contribution in [2.45, 2.75) is 13.0 Å². The molecular weight excluding hydrogens is 265 g/mol. The number of hydrogen-bond donors (Lipinski definition) is 1. The van der Waals surface area contributed by atoms with E-state index in [1.807, 2.05) is 17.5 Å². The van der Waals surface area contributed by atoms with Crippen molar-refractivity contribution >= 4 is 17.2 Å². The first-order valence-electron chi connectivity index (χ1n) is 5.92. The highest BCUT2D eigenvalue weighted by atomic mass is 32.1. The average Bonchev–Trinajstić information content (AvgIpc) is 2.92. The minimum absolute atomic E-state index is 0.107. The molecule has 0 saturated carbocycles. The Labute approximate surface area is 115 Å². The Morgan fingerprint density at radius 2 is 2.11 bits per heavy atom. The number of hydrogen-bond acceptors (Lipinski definition) is 3. The fraction of sp³-hybridized carbons (Fsp3) is 0.214. The summed E-state index contributed by atoms with van der Waals surface area (Å²) in [5.41, 5.74) is 0. The zero-order valence-electron chi connectivity index (χ0n) is 10.3. The number of para-hydroxylation sites is 1. The van der Waals surface area contributed by atoms with E-state index in [0.717, 1.165) is 4.88 Å². The number of benzene rings is 1. The highest BCUT2D eigenvalue weighted by Crippen LogP contribution is 2.15. The van der Waals surface area contributed by atoms with Crippen molar-refractivity contribution < 1.29 is 13.9 Å². The van der Waals surface area contributed by atoms with Gasteiger partial charge >= 0.3 is 0 Å². The molecule has 3 nitrogen and oxygen atoms in total. The van der Waals surface area contributed by atoms with Gasteiger partial charge in [-0.1, -0.05) is 18.2 Å². The molecule has 0 aliphatic heterocycles. The first-order chi connectivity index (χ1) is 9.25. The molecule has 0 saturated heterocycles. The van der Waals surface area contributed by atoms with Crippen LogP contribution in [-0.4, -0.2) is 12.5 Å². The van der Waals surface area contributed by atoms with Crippen LogP contribution in [0.1, 0.15) is 11.3 Å². The molecular formula is C14H14FNO2S. The molecule has 2 rings (SSSR count). The fourth-order valence-corrected chi connectivity index (χ4v) is 2.15. The fourth-order valence-electron chi connectivity index (χ4n) is 1.50. The Balaban J connectivity index is 1.68. The van der Waals surface area contributed by atoms with Crippen molar-refractivity contribution in [3.05, 3.63) is 52.5 Å². The molecule has 0 fully saturated rings. The standard InChI is InChI=1S/C14H14FNO2S/c15-12-5-1-2-6-13(12)18-8-7-14(17)16-10-11-4-3-9-19-11/h1-6,9H,7-8,10H2,(H,16,17). The number of amides is 1. The molecule has 100 valence electrons. The van der Waals surface area contributed by atoms with Crippen molar-refractivity contribution in [3.8, 4) is 5.75 Å². The number of carbonyl (C=O) groups is 1. The first kappa shape index (κ1) is 13.5. The second kappa shape index (κ2) is 6.89. The van der Waals surface area contributed by atoms with Crippen LogP contribution in [0.4, 0.5) is 4.39 Å². The monoisotopic (exact) mass is 279 g/mol. The molecule has 0 unspecified atom stereocenters. The highest BCUT2D eigenvalue weighted by Gasteiger charge is 2.05. The largest absolute Gasteiger partial charge is 0.490 e. The van der Waals surface area contributed by atoms with Crippen LogP contribution in [0.25, 0.3) is 0 Å². The quantitative estimate of drug-likeness (QED) is 0.883. The van der Waals surface area contributed by atoms with Crippen LogP contribution >= 0.6 is 11.3 Å². The number of halogens is 1. The Kier molecular flexibility index (Phi) is 4.92. The van der Waals surface area contributed by atoms with E-state index in [2.05, 4.69) is 5.32 Å². The predicted octanol–water partition coefficient (Wildman–Crippen LogP) is 2.97. The summed E-state index contributed by atoms with van der Waals surface area (Å²) in [4.78, 5) is 12.6. The molecule has 0 aliphatic carbocycles. The minimum Gasteiger partial charge on any atom is -0.490 e. The summed E-state index contributed by atoms with van der Waals surface area (Å²) in [5.74, 6) is -0.347. The zero-order valence-corrected chi connectivity index (χ0v) is 11.1. The summed E-state index contributed by atoms with van der Waals surface area (Å²) in [7, 11) is 0. The third-order valence-corrected chi connectivity index (χ3v) is 3.34. The van der Waals surface area contributed by atoms with Gasteiger partial charge in [-0.05, 0) is 23.6 Å². The smallest absolute Gasteiger partial charge is 0.223 e. The van der Waals surface area contributed by atoms with Crippen LogP contribution in [0.2, 0.25) is 0 Å². The third kappa shape index (κ3) is 4.37. The van der Waals surface area contributed by atoms with Crippen molar-refractivity contribution in [1.82, 2.24) is 5.32 Å². The van der Waals surface area contributed by atoms with Gasteiger partial charge in [-0.15, -0.1) is 11.3 Å². The maximum absolute atomic E-state index is 13.2. The van der Waals surface area contributed by atoms with Crippen LogP contribution in [0.3, 0.4) is 0 Å². The molecule has 2 aromatic rings. The molecule has 1 N–H and O–H groups in total. The van der Waals surface area contributed by atoms with Gasteiger partial charge in [0.15, 0.2) is 11.6 Å². The SMILES string of the molecule is O=C(CCOc1ccccc1F)NCc1cccs1. The molecule has 5 heteroatoms. The molecule has 1 aromatic heterocycles. The molecule has 1 amide bonds. The van der Waals surface area contributed by atoms with Crippen molar-refractivity contribution in [2.75, 3.05) is 6.61 Å². The van der Waals surface area contributed by atoms with Crippen LogP contribution in [0.5, 0.6) is 5.75 Å². The van der Waals surface area contributed by atoms with Gasteiger partial charge in [0.1, 0.15) is 0 Å². The highest BCUT2D eigenvalue weighted by molar-refractivity contribution is 7.09. The second-order valence-corrected chi connectivity index (χ2v) is 4.92. The Morgan fingerprint density at radius 1 is 1.26 bits per heavy atom. The van der Waals surface area contributed by atoms with Crippen LogP contribution < -0.4 is 10.1 Å². The number of ether oxygens (including phenoxy) is 1. The molecule has 19 heavy (non-hydrogen) atoms. The lowest BCUT2D eigenvalue weighted by Crippen LogP contribution is -2.24. The molecule has 0 spiro atoms. The van der Waals surface area contributed by atoms with Gasteiger partial charge < -0.3 is 10.1 Å². The molecule has 0 bridgehead atoms. The number of rotatable bonds is 6. The maximum atomic E-state index is 13.2. The van der Waals surface area contributed by atoms with Gasteiger partial charge in [0.05, 0.1) is 19.6 Å². The van der Waals surface area contributed by atoms with Gasteiger partial charge in [0.2, 0.25) is 5.91 Å². The van der Waals surface area contributed by atoms with E-state index in [1.165, 1.54) is 6.07 Å². The summed E-state index contributed by atoms with van der Waals surface area (Å²) in [6, 6.07) is 10.0. The van der Waals surface area contributed by atoms with E-state index in [-0.39, 0.29) is 24.7 Å². The van der Waals surface area contributed by atoms with Crippen LogP contribution in [0, 0.1) is 5.82 Å². The second-order valence-electron chi connectivity index (χ2n) is 3.88. The van der Waals surface area contributed by atoms with Gasteiger partial charge in [-0.25, -0.2) is 4.39 Å². The van der Waals surface area contributed by atoms with Crippen LogP contribution in [0.15, 0.2) is 41.8 Å². The lowest BCUT2D eigenvalue weighted by Gasteiger charge is -2.07. The van der Waals surface area contributed by atoms with E-state index in [4.69, 9.17) is 4.74 Å².